The van der Waals surface area contributed by atoms with Crippen molar-refractivity contribution in [2.75, 3.05) is 11.9 Å². The second-order valence-electron chi connectivity index (χ2n) is 6.10. The predicted octanol–water partition coefficient (Wildman–Crippen LogP) is 3.13. The number of rotatable bonds is 3. The van der Waals surface area contributed by atoms with Gasteiger partial charge in [0.1, 0.15) is 12.1 Å². The molecule has 0 aliphatic rings. The topological polar surface area (TPSA) is 42.2 Å². The van der Waals surface area contributed by atoms with E-state index in [1.54, 1.807) is 6.33 Å². The van der Waals surface area contributed by atoms with Gasteiger partial charge in [-0.2, -0.15) is 9.61 Å². The predicted molar refractivity (Wildman–Crippen MR) is 74.8 cm³/mol. The zero-order valence-electron chi connectivity index (χ0n) is 11.9. The number of nitrogens with one attached hydrogen (secondary N) is 1. The normalized spacial score (nSPS) is 13.8. The lowest BCUT2D eigenvalue weighted by molar-refractivity contribution is 0.274. The van der Waals surface area contributed by atoms with Crippen LogP contribution >= 0.6 is 0 Å². The number of pyridine rings is 1. The SMILES string of the molecule is Cc1cc(NCC(C)C(C)(C)C)n2ncnc2c1. The highest BCUT2D eigenvalue weighted by Gasteiger charge is 2.19. The first-order chi connectivity index (χ1) is 8.38. The Bertz CT molecular complexity index is 536. The summed E-state index contributed by atoms with van der Waals surface area (Å²) < 4.78 is 1.85. The molecule has 0 amide bonds. The van der Waals surface area contributed by atoms with E-state index in [2.05, 4.69) is 56.1 Å². The minimum absolute atomic E-state index is 0.304. The molecule has 0 saturated heterocycles. The molecule has 4 nitrogen and oxygen atoms in total. The quantitative estimate of drug-likeness (QED) is 0.904. The van der Waals surface area contributed by atoms with Crippen molar-refractivity contribution >= 4 is 11.5 Å². The summed E-state index contributed by atoms with van der Waals surface area (Å²) in [4.78, 5) is 4.23. The Morgan fingerprint density at radius 3 is 2.72 bits per heavy atom. The van der Waals surface area contributed by atoms with Gasteiger partial charge in [0.25, 0.3) is 0 Å². The van der Waals surface area contributed by atoms with Crippen LogP contribution in [0.4, 0.5) is 5.82 Å². The van der Waals surface area contributed by atoms with Gasteiger partial charge in [0, 0.05) is 6.54 Å². The van der Waals surface area contributed by atoms with Gasteiger partial charge in [-0.1, -0.05) is 27.7 Å². The monoisotopic (exact) mass is 246 g/mol. The van der Waals surface area contributed by atoms with Crippen molar-refractivity contribution in [1.82, 2.24) is 14.6 Å². The molecule has 1 atom stereocenters. The molecule has 0 aromatic carbocycles. The summed E-state index contributed by atoms with van der Waals surface area (Å²) in [6, 6.07) is 4.14. The first-order valence-electron chi connectivity index (χ1n) is 6.42. The molecule has 0 radical (unpaired) electrons. The molecule has 0 fully saturated rings. The molecule has 2 rings (SSSR count). The highest BCUT2D eigenvalue weighted by Crippen LogP contribution is 2.25. The smallest absolute Gasteiger partial charge is 0.157 e. The van der Waals surface area contributed by atoms with E-state index in [-0.39, 0.29) is 0 Å². The van der Waals surface area contributed by atoms with Gasteiger partial charge in [0.2, 0.25) is 0 Å². The Balaban J connectivity index is 2.19. The van der Waals surface area contributed by atoms with Gasteiger partial charge in [-0.25, -0.2) is 4.98 Å². The Kier molecular flexibility index (Phi) is 3.28. The number of aryl methyl sites for hydroxylation is 1. The van der Waals surface area contributed by atoms with E-state index in [9.17, 15) is 0 Å². The Labute approximate surface area is 108 Å². The zero-order chi connectivity index (χ0) is 13.3. The lowest BCUT2D eigenvalue weighted by Gasteiger charge is -2.27. The Morgan fingerprint density at radius 2 is 2.06 bits per heavy atom. The van der Waals surface area contributed by atoms with Crippen LogP contribution in [0.15, 0.2) is 18.5 Å². The van der Waals surface area contributed by atoms with Gasteiger partial charge in [-0.3, -0.25) is 0 Å². The number of aromatic nitrogens is 3. The summed E-state index contributed by atoms with van der Waals surface area (Å²) in [5.41, 5.74) is 2.39. The van der Waals surface area contributed by atoms with E-state index in [1.807, 2.05) is 10.6 Å². The maximum Gasteiger partial charge on any atom is 0.157 e. The molecule has 2 heterocycles. The Hall–Kier alpha value is -1.58. The summed E-state index contributed by atoms with van der Waals surface area (Å²) in [7, 11) is 0. The second-order valence-corrected chi connectivity index (χ2v) is 6.10. The van der Waals surface area contributed by atoms with Crippen LogP contribution in [0.5, 0.6) is 0 Å². The van der Waals surface area contributed by atoms with Gasteiger partial charge in [0.15, 0.2) is 5.65 Å². The van der Waals surface area contributed by atoms with Crippen LogP contribution in [0.3, 0.4) is 0 Å². The number of nitrogens with zero attached hydrogens (tertiary/aromatic N) is 3. The number of hydrogen-bond acceptors (Lipinski definition) is 3. The second kappa shape index (κ2) is 4.59. The maximum absolute atomic E-state index is 4.24. The fraction of sp³-hybridized carbons (Fsp3) is 0.571. The van der Waals surface area contributed by atoms with Crippen molar-refractivity contribution in [3.63, 3.8) is 0 Å². The highest BCUT2D eigenvalue weighted by molar-refractivity contribution is 5.51. The fourth-order valence-electron chi connectivity index (χ4n) is 1.75. The largest absolute Gasteiger partial charge is 0.370 e. The lowest BCUT2D eigenvalue weighted by Crippen LogP contribution is -2.25. The van der Waals surface area contributed by atoms with Gasteiger partial charge >= 0.3 is 0 Å². The van der Waals surface area contributed by atoms with E-state index in [4.69, 9.17) is 0 Å². The molecular formula is C14H22N4. The van der Waals surface area contributed by atoms with Crippen LogP contribution in [0, 0.1) is 18.3 Å². The van der Waals surface area contributed by atoms with Gasteiger partial charge in [-0.15, -0.1) is 0 Å². The molecule has 98 valence electrons. The van der Waals surface area contributed by atoms with Gasteiger partial charge in [0.05, 0.1) is 0 Å². The molecule has 0 aliphatic heterocycles. The van der Waals surface area contributed by atoms with Crippen LogP contribution in [0.25, 0.3) is 5.65 Å². The molecule has 0 saturated carbocycles. The Morgan fingerprint density at radius 1 is 1.33 bits per heavy atom. The van der Waals surface area contributed by atoms with E-state index >= 15 is 0 Å². The van der Waals surface area contributed by atoms with Crippen molar-refractivity contribution < 1.29 is 0 Å². The molecule has 1 unspecified atom stereocenters. The molecule has 1 N–H and O–H groups in total. The van der Waals surface area contributed by atoms with E-state index < -0.39 is 0 Å². The van der Waals surface area contributed by atoms with E-state index in [1.165, 1.54) is 5.56 Å². The number of hydrogen-bond donors (Lipinski definition) is 1. The third-order valence-electron chi connectivity index (χ3n) is 3.59. The first-order valence-corrected chi connectivity index (χ1v) is 6.42. The van der Waals surface area contributed by atoms with Crippen molar-refractivity contribution in [2.24, 2.45) is 11.3 Å². The highest BCUT2D eigenvalue weighted by atomic mass is 15.3. The summed E-state index contributed by atoms with van der Waals surface area (Å²) in [5.74, 6) is 1.59. The van der Waals surface area contributed by atoms with E-state index in [0.717, 1.165) is 18.0 Å². The van der Waals surface area contributed by atoms with Crippen LogP contribution in [0.2, 0.25) is 0 Å². The third-order valence-corrected chi connectivity index (χ3v) is 3.59. The molecule has 18 heavy (non-hydrogen) atoms. The minimum atomic E-state index is 0.304. The standard InChI is InChI=1S/C14H22N4/c1-10-6-12(15-8-11(2)14(3,4)5)18-13(7-10)16-9-17-18/h6-7,9,11,15H,8H2,1-5H3. The summed E-state index contributed by atoms with van der Waals surface area (Å²) in [5, 5.41) is 7.72. The molecule has 0 aliphatic carbocycles. The van der Waals surface area contributed by atoms with E-state index in [0.29, 0.717) is 11.3 Å². The van der Waals surface area contributed by atoms with Crippen molar-refractivity contribution in [2.45, 2.75) is 34.6 Å². The van der Waals surface area contributed by atoms with Crippen LogP contribution < -0.4 is 5.32 Å². The third kappa shape index (κ3) is 2.63. The summed E-state index contributed by atoms with van der Waals surface area (Å²) in [6.45, 7) is 12.1. The fourth-order valence-corrected chi connectivity index (χ4v) is 1.75. The van der Waals surface area contributed by atoms with Crippen LogP contribution in [0.1, 0.15) is 33.3 Å². The maximum atomic E-state index is 4.24. The van der Waals surface area contributed by atoms with Crippen LogP contribution in [-0.4, -0.2) is 21.1 Å². The average molecular weight is 246 g/mol. The zero-order valence-corrected chi connectivity index (χ0v) is 11.9. The average Bonchev–Trinajstić information content (AvgIpc) is 2.71. The molecule has 4 heteroatoms. The molecular weight excluding hydrogens is 224 g/mol. The summed E-state index contributed by atoms with van der Waals surface area (Å²) >= 11 is 0. The molecule has 2 aromatic rings. The van der Waals surface area contributed by atoms with Gasteiger partial charge in [-0.05, 0) is 36.0 Å². The number of fused-ring (bicyclic) bond motifs is 1. The molecule has 0 bridgehead atoms. The summed E-state index contributed by atoms with van der Waals surface area (Å²) in [6.07, 6.45) is 1.59. The van der Waals surface area contributed by atoms with Crippen molar-refractivity contribution in [3.05, 3.63) is 24.0 Å². The minimum Gasteiger partial charge on any atom is -0.370 e. The number of anilines is 1. The van der Waals surface area contributed by atoms with Gasteiger partial charge < -0.3 is 5.32 Å². The van der Waals surface area contributed by atoms with Crippen LogP contribution in [-0.2, 0) is 0 Å². The first kappa shape index (κ1) is 12.9. The molecule has 0 spiro atoms. The van der Waals surface area contributed by atoms with Crippen molar-refractivity contribution in [3.8, 4) is 0 Å². The molecule has 2 aromatic heterocycles. The van der Waals surface area contributed by atoms with Crippen molar-refractivity contribution in [1.29, 1.82) is 0 Å². The lowest BCUT2D eigenvalue weighted by atomic mass is 9.82.